The average molecular weight is 342 g/mol. The summed E-state index contributed by atoms with van der Waals surface area (Å²) in [5.41, 5.74) is 2.03. The number of para-hydroxylation sites is 1. The first-order valence-electron chi connectivity index (χ1n) is 9.33. The van der Waals surface area contributed by atoms with Crippen molar-refractivity contribution in [3.63, 3.8) is 0 Å². The number of nitrogens with one attached hydrogen (secondary N) is 2. The molecule has 0 bridgehead atoms. The van der Waals surface area contributed by atoms with Crippen molar-refractivity contribution in [3.05, 3.63) is 36.0 Å². The zero-order valence-corrected chi connectivity index (χ0v) is 14.7. The van der Waals surface area contributed by atoms with Crippen LogP contribution in [0, 0.1) is 0 Å². The van der Waals surface area contributed by atoms with Crippen LogP contribution < -0.4 is 5.32 Å². The number of aryl methyl sites for hydroxylation is 1. The molecule has 1 aromatic carbocycles. The third-order valence-electron chi connectivity index (χ3n) is 5.67. The summed E-state index contributed by atoms with van der Waals surface area (Å²) in [5, 5.41) is 4.39. The van der Waals surface area contributed by atoms with Crippen molar-refractivity contribution >= 4 is 16.8 Å². The maximum Gasteiger partial charge on any atom is 0.220 e. The number of carbonyl (C=O) groups is 1. The van der Waals surface area contributed by atoms with Crippen molar-refractivity contribution in [2.75, 3.05) is 13.2 Å². The van der Waals surface area contributed by atoms with Gasteiger partial charge in [-0.1, -0.05) is 18.2 Å². The highest BCUT2D eigenvalue weighted by molar-refractivity contribution is 5.84. The van der Waals surface area contributed by atoms with Gasteiger partial charge in [-0.25, -0.2) is 0 Å². The second-order valence-corrected chi connectivity index (χ2v) is 7.07. The van der Waals surface area contributed by atoms with Crippen LogP contribution in [0.3, 0.4) is 0 Å². The number of fused-ring (bicyclic) bond motifs is 1. The summed E-state index contributed by atoms with van der Waals surface area (Å²) in [5.74, 6) is 0.0973. The molecular weight excluding hydrogens is 316 g/mol. The highest BCUT2D eigenvalue weighted by Crippen LogP contribution is 2.45. The minimum absolute atomic E-state index is 0.0852. The van der Waals surface area contributed by atoms with Crippen LogP contribution in [0.5, 0.6) is 0 Å². The molecule has 1 aliphatic carbocycles. The van der Waals surface area contributed by atoms with E-state index < -0.39 is 0 Å². The summed E-state index contributed by atoms with van der Waals surface area (Å²) >= 11 is 0. The van der Waals surface area contributed by atoms with Crippen LogP contribution in [0.15, 0.2) is 30.5 Å². The molecule has 1 amide bonds. The molecule has 5 nitrogen and oxygen atoms in total. The van der Waals surface area contributed by atoms with E-state index >= 15 is 0 Å². The highest BCUT2D eigenvalue weighted by atomic mass is 16.6. The first-order chi connectivity index (χ1) is 12.2. The van der Waals surface area contributed by atoms with Gasteiger partial charge in [0.2, 0.25) is 5.91 Å². The number of benzene rings is 1. The third-order valence-corrected chi connectivity index (χ3v) is 5.67. The predicted molar refractivity (Wildman–Crippen MR) is 96.5 cm³/mol. The van der Waals surface area contributed by atoms with E-state index in [4.69, 9.17) is 9.47 Å². The Kier molecular flexibility index (Phi) is 4.52. The number of amides is 1. The summed E-state index contributed by atoms with van der Waals surface area (Å²) in [4.78, 5) is 15.7. The van der Waals surface area contributed by atoms with Crippen molar-refractivity contribution in [3.8, 4) is 0 Å². The van der Waals surface area contributed by atoms with Crippen LogP contribution in [0.4, 0.5) is 0 Å². The zero-order valence-electron chi connectivity index (χ0n) is 14.7. The Hall–Kier alpha value is -1.85. The second kappa shape index (κ2) is 6.81. The van der Waals surface area contributed by atoms with Gasteiger partial charge in [-0.05, 0) is 44.2 Å². The maximum atomic E-state index is 12.5. The highest BCUT2D eigenvalue weighted by Gasteiger charge is 2.59. The molecule has 1 aromatic heterocycles. The van der Waals surface area contributed by atoms with Crippen molar-refractivity contribution in [2.45, 2.75) is 56.8 Å². The van der Waals surface area contributed by atoms with E-state index in [0.29, 0.717) is 13.0 Å². The minimum Gasteiger partial charge on any atom is -0.375 e. The molecule has 2 fully saturated rings. The summed E-state index contributed by atoms with van der Waals surface area (Å²) in [6.07, 6.45) is 6.25. The van der Waals surface area contributed by atoms with Crippen LogP contribution in [-0.4, -0.2) is 41.9 Å². The van der Waals surface area contributed by atoms with Gasteiger partial charge in [0.1, 0.15) is 5.60 Å². The number of carbonyl (C=O) groups excluding carboxylic acids is 1. The fourth-order valence-corrected chi connectivity index (χ4v) is 4.33. The van der Waals surface area contributed by atoms with Crippen LogP contribution in [0.1, 0.15) is 38.2 Å². The third kappa shape index (κ3) is 2.96. The molecule has 25 heavy (non-hydrogen) atoms. The van der Waals surface area contributed by atoms with E-state index in [1.807, 2.05) is 25.3 Å². The summed E-state index contributed by atoms with van der Waals surface area (Å²) < 4.78 is 11.8. The van der Waals surface area contributed by atoms with Gasteiger partial charge in [-0.15, -0.1) is 0 Å². The Bertz CT molecular complexity index is 748. The molecule has 0 unspecified atom stereocenters. The fraction of sp³-hybridized carbons (Fsp3) is 0.550. The minimum atomic E-state index is -0.285. The molecule has 134 valence electrons. The molecule has 5 heteroatoms. The molecule has 3 atom stereocenters. The number of rotatable bonds is 6. The van der Waals surface area contributed by atoms with Gasteiger partial charge in [-0.2, -0.15) is 0 Å². The smallest absolute Gasteiger partial charge is 0.220 e. The lowest BCUT2D eigenvalue weighted by Gasteiger charge is -2.52. The Morgan fingerprint density at radius 2 is 2.32 bits per heavy atom. The Balaban J connectivity index is 1.35. The van der Waals surface area contributed by atoms with Crippen molar-refractivity contribution in [1.82, 2.24) is 10.3 Å². The quantitative estimate of drug-likeness (QED) is 0.848. The zero-order chi connectivity index (χ0) is 17.3. The van der Waals surface area contributed by atoms with E-state index in [0.717, 1.165) is 37.8 Å². The first kappa shape index (κ1) is 16.6. The number of hydrogen-bond acceptors (Lipinski definition) is 3. The number of aromatic amines is 1. The van der Waals surface area contributed by atoms with Gasteiger partial charge < -0.3 is 19.8 Å². The van der Waals surface area contributed by atoms with Crippen LogP contribution in [0.2, 0.25) is 0 Å². The van der Waals surface area contributed by atoms with Crippen LogP contribution >= 0.6 is 0 Å². The maximum absolute atomic E-state index is 12.5. The van der Waals surface area contributed by atoms with Crippen molar-refractivity contribution < 1.29 is 14.3 Å². The molecule has 1 spiro atoms. The largest absolute Gasteiger partial charge is 0.375 e. The van der Waals surface area contributed by atoms with E-state index in [1.54, 1.807) is 0 Å². The predicted octanol–water partition coefficient (Wildman–Crippen LogP) is 2.94. The monoisotopic (exact) mass is 342 g/mol. The summed E-state index contributed by atoms with van der Waals surface area (Å²) in [6, 6.07) is 8.29. The summed E-state index contributed by atoms with van der Waals surface area (Å²) in [7, 11) is 0. The van der Waals surface area contributed by atoms with Gasteiger partial charge in [0, 0.05) is 36.7 Å². The van der Waals surface area contributed by atoms with Crippen LogP contribution in [-0.2, 0) is 20.7 Å². The van der Waals surface area contributed by atoms with Crippen molar-refractivity contribution in [1.29, 1.82) is 0 Å². The fourth-order valence-electron chi connectivity index (χ4n) is 4.33. The van der Waals surface area contributed by atoms with E-state index in [9.17, 15) is 4.79 Å². The lowest BCUT2D eigenvalue weighted by atomic mass is 9.70. The Morgan fingerprint density at radius 3 is 3.12 bits per heavy atom. The Labute approximate surface area is 148 Å². The van der Waals surface area contributed by atoms with Gasteiger partial charge in [0.25, 0.3) is 0 Å². The van der Waals surface area contributed by atoms with Gasteiger partial charge in [-0.3, -0.25) is 4.79 Å². The Morgan fingerprint density at radius 1 is 1.44 bits per heavy atom. The molecule has 2 heterocycles. The summed E-state index contributed by atoms with van der Waals surface area (Å²) in [6.45, 7) is 3.47. The molecule has 1 saturated carbocycles. The van der Waals surface area contributed by atoms with Gasteiger partial charge in [0.05, 0.1) is 12.1 Å². The molecule has 2 aromatic rings. The molecule has 2 aliphatic rings. The normalized spacial score (nSPS) is 28.4. The van der Waals surface area contributed by atoms with Gasteiger partial charge >= 0.3 is 0 Å². The lowest BCUT2D eigenvalue weighted by Crippen LogP contribution is -2.69. The number of hydrogen-bond donors (Lipinski definition) is 2. The van der Waals surface area contributed by atoms with Crippen LogP contribution in [0.25, 0.3) is 10.9 Å². The van der Waals surface area contributed by atoms with Gasteiger partial charge in [0.15, 0.2) is 0 Å². The molecule has 1 saturated heterocycles. The second-order valence-electron chi connectivity index (χ2n) is 7.07. The number of H-pyrrole nitrogens is 1. The van der Waals surface area contributed by atoms with E-state index in [1.165, 1.54) is 10.9 Å². The number of ether oxygens (including phenoxy) is 2. The topological polar surface area (TPSA) is 63.3 Å². The average Bonchev–Trinajstić information content (AvgIpc) is 3.28. The molecular formula is C20H26N2O3. The lowest BCUT2D eigenvalue weighted by molar-refractivity contribution is -0.198. The molecule has 2 N–H and O–H groups in total. The number of aromatic nitrogens is 1. The molecule has 4 rings (SSSR count). The SMILES string of the molecule is CCO[C@@H]1C[C@H](NC(=O)CCc2c[nH]c3ccccc23)[C@]12CCCO2. The van der Waals surface area contributed by atoms with Crippen molar-refractivity contribution in [2.24, 2.45) is 0 Å². The first-order valence-corrected chi connectivity index (χ1v) is 9.33. The van der Waals surface area contributed by atoms with E-state index in [-0.39, 0.29) is 23.7 Å². The van der Waals surface area contributed by atoms with E-state index in [2.05, 4.69) is 22.4 Å². The molecule has 1 aliphatic heterocycles. The molecule has 0 radical (unpaired) electrons. The standard InChI is InChI=1S/C20H26N2O3/c1-2-24-18-12-17(20(18)10-5-11-25-20)22-19(23)9-8-14-13-21-16-7-4-3-6-15(14)16/h3-4,6-7,13,17-18,21H,2,5,8-12H2,1H3,(H,22,23)/t17-,18+,20+/m0/s1.